The van der Waals surface area contributed by atoms with Crippen molar-refractivity contribution in [3.63, 3.8) is 0 Å². The van der Waals surface area contributed by atoms with E-state index in [1.54, 1.807) is 0 Å². The van der Waals surface area contributed by atoms with E-state index < -0.39 is 0 Å². The van der Waals surface area contributed by atoms with Crippen molar-refractivity contribution in [2.24, 2.45) is 11.0 Å². The van der Waals surface area contributed by atoms with Crippen LogP contribution in [0.2, 0.25) is 0 Å². The first kappa shape index (κ1) is 20.7. The molecule has 1 aliphatic heterocycles. The number of hydrogen-bond acceptors (Lipinski definition) is 4. The van der Waals surface area contributed by atoms with E-state index in [2.05, 4.69) is 36.0 Å². The van der Waals surface area contributed by atoms with E-state index in [0.717, 1.165) is 32.1 Å². The fourth-order valence-corrected chi connectivity index (χ4v) is 3.29. The Morgan fingerprint density at radius 1 is 1.12 bits per heavy atom. The van der Waals surface area contributed by atoms with Crippen LogP contribution in [0.5, 0.6) is 0 Å². The Hall–Kier alpha value is -1.59. The normalized spacial score (nSPS) is 25.2. The highest BCUT2D eigenvalue weighted by molar-refractivity contribution is 5.13. The zero-order valence-corrected chi connectivity index (χ0v) is 15.9. The van der Waals surface area contributed by atoms with Gasteiger partial charge in [0.05, 0.1) is 18.8 Å². The molecule has 1 heterocycles. The van der Waals surface area contributed by atoms with Gasteiger partial charge in [-0.2, -0.15) is 0 Å². The molecule has 0 amide bonds. The summed E-state index contributed by atoms with van der Waals surface area (Å²) in [5.74, 6) is 0.216. The highest BCUT2D eigenvalue weighted by atomic mass is 16.7. The zero-order chi connectivity index (χ0) is 18.6. The molecule has 1 aliphatic rings. The third-order valence-corrected chi connectivity index (χ3v) is 4.81. The second-order valence-electron chi connectivity index (χ2n) is 6.81. The molecule has 144 valence electrons. The maximum absolute atomic E-state index is 8.23. The predicted octanol–water partition coefficient (Wildman–Crippen LogP) is 5.23. The van der Waals surface area contributed by atoms with E-state index in [9.17, 15) is 0 Å². The molecule has 26 heavy (non-hydrogen) atoms. The van der Waals surface area contributed by atoms with Gasteiger partial charge in [0.2, 0.25) is 0 Å². The topological polar surface area (TPSA) is 76.5 Å². The molecule has 1 saturated heterocycles. The van der Waals surface area contributed by atoms with E-state index in [1.165, 1.54) is 5.56 Å². The summed E-state index contributed by atoms with van der Waals surface area (Å²) >= 11 is 0. The molecule has 1 aromatic carbocycles. The van der Waals surface area contributed by atoms with Crippen molar-refractivity contribution in [1.82, 2.24) is 0 Å². The number of hydrogen-bond donors (Lipinski definition) is 0. The van der Waals surface area contributed by atoms with Gasteiger partial charge in [-0.15, -0.1) is 0 Å². The molecular formula is C20H31N3O3. The summed E-state index contributed by atoms with van der Waals surface area (Å²) in [4.78, 5) is 2.76. The van der Waals surface area contributed by atoms with E-state index in [4.69, 9.17) is 19.7 Å². The van der Waals surface area contributed by atoms with Gasteiger partial charge < -0.3 is 14.2 Å². The second-order valence-corrected chi connectivity index (χ2v) is 6.81. The summed E-state index contributed by atoms with van der Waals surface area (Å²) in [5, 5.41) is 3.54. The lowest BCUT2D eigenvalue weighted by molar-refractivity contribution is -0.148. The van der Waals surface area contributed by atoms with E-state index in [1.807, 2.05) is 18.2 Å². The summed E-state index contributed by atoms with van der Waals surface area (Å²) in [6, 6.07) is 10.2. The molecule has 0 N–H and O–H groups in total. The van der Waals surface area contributed by atoms with Crippen LogP contribution in [0.4, 0.5) is 0 Å². The van der Waals surface area contributed by atoms with Gasteiger partial charge in [-0.05, 0) is 30.4 Å². The van der Waals surface area contributed by atoms with Crippen molar-refractivity contribution in [2.75, 3.05) is 13.2 Å². The monoisotopic (exact) mass is 361 g/mol. The summed E-state index contributed by atoms with van der Waals surface area (Å²) in [6.45, 7) is 6.16. The number of ether oxygens (including phenoxy) is 3. The van der Waals surface area contributed by atoms with Crippen LogP contribution in [-0.2, 0) is 20.8 Å². The molecule has 4 atom stereocenters. The first-order chi connectivity index (χ1) is 12.8. The number of unbranched alkanes of at least 4 members (excludes halogenated alkanes) is 3. The van der Waals surface area contributed by atoms with E-state index >= 15 is 0 Å². The zero-order valence-electron chi connectivity index (χ0n) is 15.9. The maximum Gasteiger partial charge on any atom is 0.163 e. The molecule has 2 rings (SSSR count). The summed E-state index contributed by atoms with van der Waals surface area (Å²) < 4.78 is 18.2. The van der Waals surface area contributed by atoms with Crippen molar-refractivity contribution < 1.29 is 14.2 Å². The lowest BCUT2D eigenvalue weighted by atomic mass is 10.0. The fourth-order valence-electron chi connectivity index (χ4n) is 3.29. The Morgan fingerprint density at radius 2 is 1.88 bits per heavy atom. The van der Waals surface area contributed by atoms with Crippen molar-refractivity contribution in [2.45, 2.75) is 71.1 Å². The quantitative estimate of drug-likeness (QED) is 0.221. The standard InChI is InChI=1S/C20H31N3O3/c1-3-18-19(25-15-17-11-7-6-8-12-17)16(2)20(26-18)24-14-10-5-4-9-13-22-23-21/h6-8,11-12,16,18-20H,3-5,9-10,13-15H2,1-2H3/t16?,18-,19?,20?/m1/s1. The molecule has 0 spiro atoms. The van der Waals surface area contributed by atoms with Gasteiger partial charge in [0.15, 0.2) is 6.29 Å². The second kappa shape index (κ2) is 11.9. The minimum absolute atomic E-state index is 0.0639. The summed E-state index contributed by atoms with van der Waals surface area (Å²) in [6.07, 6.45) is 4.95. The van der Waals surface area contributed by atoms with Gasteiger partial charge in [-0.25, -0.2) is 0 Å². The number of azide groups is 1. The molecule has 0 aromatic heterocycles. The summed E-state index contributed by atoms with van der Waals surface area (Å²) in [5.41, 5.74) is 9.41. The van der Waals surface area contributed by atoms with Crippen LogP contribution in [0.3, 0.4) is 0 Å². The van der Waals surface area contributed by atoms with Crippen LogP contribution in [-0.4, -0.2) is 31.6 Å². The van der Waals surface area contributed by atoms with Crippen LogP contribution in [0.1, 0.15) is 51.5 Å². The van der Waals surface area contributed by atoms with Crippen molar-refractivity contribution >= 4 is 0 Å². The van der Waals surface area contributed by atoms with Gasteiger partial charge in [-0.3, -0.25) is 0 Å². The average molecular weight is 361 g/mol. The number of rotatable bonds is 12. The molecule has 0 saturated carbocycles. The Morgan fingerprint density at radius 3 is 2.62 bits per heavy atom. The Bertz CT molecular complexity index is 548. The van der Waals surface area contributed by atoms with Crippen LogP contribution in [0.25, 0.3) is 10.4 Å². The van der Waals surface area contributed by atoms with Crippen LogP contribution < -0.4 is 0 Å². The molecule has 0 aliphatic carbocycles. The lowest BCUT2D eigenvalue weighted by Gasteiger charge is -2.21. The largest absolute Gasteiger partial charge is 0.370 e. The first-order valence-corrected chi connectivity index (χ1v) is 9.69. The Labute approximate surface area is 156 Å². The van der Waals surface area contributed by atoms with Crippen molar-refractivity contribution in [1.29, 1.82) is 0 Å². The first-order valence-electron chi connectivity index (χ1n) is 9.69. The van der Waals surface area contributed by atoms with Gasteiger partial charge in [0.25, 0.3) is 0 Å². The molecular weight excluding hydrogens is 330 g/mol. The average Bonchev–Trinajstić information content (AvgIpc) is 2.98. The van der Waals surface area contributed by atoms with Gasteiger partial charge in [0.1, 0.15) is 0 Å². The highest BCUT2D eigenvalue weighted by Gasteiger charge is 2.42. The molecule has 1 fully saturated rings. The van der Waals surface area contributed by atoms with Crippen LogP contribution in [0.15, 0.2) is 35.4 Å². The van der Waals surface area contributed by atoms with E-state index in [0.29, 0.717) is 19.8 Å². The minimum Gasteiger partial charge on any atom is -0.370 e. The third kappa shape index (κ3) is 6.61. The summed E-state index contributed by atoms with van der Waals surface area (Å²) in [7, 11) is 0. The molecule has 6 heteroatoms. The SMILES string of the molecule is CC[C@H]1OC(OCCCCCCN=[N+]=[N-])C(C)C1OCc1ccccc1. The molecule has 6 nitrogen and oxygen atoms in total. The molecule has 1 aromatic rings. The fraction of sp³-hybridized carbons (Fsp3) is 0.700. The number of benzene rings is 1. The van der Waals surface area contributed by atoms with E-state index in [-0.39, 0.29) is 24.4 Å². The lowest BCUT2D eigenvalue weighted by Crippen LogP contribution is -2.29. The maximum atomic E-state index is 8.23. The van der Waals surface area contributed by atoms with Gasteiger partial charge in [0, 0.05) is 24.0 Å². The molecule has 3 unspecified atom stereocenters. The molecule has 0 bridgehead atoms. The van der Waals surface area contributed by atoms with Crippen LogP contribution in [0, 0.1) is 5.92 Å². The number of nitrogens with zero attached hydrogens (tertiary/aromatic N) is 3. The third-order valence-electron chi connectivity index (χ3n) is 4.81. The van der Waals surface area contributed by atoms with Crippen LogP contribution >= 0.6 is 0 Å². The van der Waals surface area contributed by atoms with Crippen molar-refractivity contribution in [3.8, 4) is 0 Å². The highest BCUT2D eigenvalue weighted by Crippen LogP contribution is 2.32. The smallest absolute Gasteiger partial charge is 0.163 e. The minimum atomic E-state index is -0.191. The van der Waals surface area contributed by atoms with Gasteiger partial charge in [-0.1, -0.05) is 62.1 Å². The Balaban J connectivity index is 1.69. The van der Waals surface area contributed by atoms with Gasteiger partial charge >= 0.3 is 0 Å². The Kier molecular flexibility index (Phi) is 9.50. The predicted molar refractivity (Wildman–Crippen MR) is 102 cm³/mol. The van der Waals surface area contributed by atoms with Crippen molar-refractivity contribution in [3.05, 3.63) is 46.3 Å². The molecule has 0 radical (unpaired) electrons.